The molecule has 1 heterocycles. The first kappa shape index (κ1) is 18.0. The van der Waals surface area contributed by atoms with Crippen LogP contribution in [0.5, 0.6) is 5.75 Å². The summed E-state index contributed by atoms with van der Waals surface area (Å²) in [4.78, 5) is 12.2. The zero-order valence-electron chi connectivity index (χ0n) is 13.2. The molecule has 3 unspecified atom stereocenters. The van der Waals surface area contributed by atoms with E-state index in [-0.39, 0.29) is 36.4 Å². The smallest absolute Gasteiger partial charge is 0.227 e. The summed E-state index contributed by atoms with van der Waals surface area (Å²) in [5.41, 5.74) is 6.64. The van der Waals surface area contributed by atoms with E-state index < -0.39 is 0 Å². The molecular weight excluding hydrogens is 316 g/mol. The third-order valence-electron chi connectivity index (χ3n) is 4.41. The van der Waals surface area contributed by atoms with Crippen LogP contribution in [-0.2, 0) is 9.53 Å². The summed E-state index contributed by atoms with van der Waals surface area (Å²) in [6, 6.07) is 7.70. The molecule has 1 saturated carbocycles. The van der Waals surface area contributed by atoms with Crippen LogP contribution in [0.15, 0.2) is 24.3 Å². The molecule has 1 aliphatic heterocycles. The molecule has 1 saturated heterocycles. The van der Waals surface area contributed by atoms with Crippen LogP contribution in [0.4, 0.5) is 5.69 Å². The Morgan fingerprint density at radius 1 is 1.35 bits per heavy atom. The van der Waals surface area contributed by atoms with Crippen molar-refractivity contribution in [2.24, 2.45) is 11.7 Å². The van der Waals surface area contributed by atoms with Gasteiger partial charge in [-0.15, -0.1) is 12.4 Å². The highest BCUT2D eigenvalue weighted by Gasteiger charge is 2.27. The summed E-state index contributed by atoms with van der Waals surface area (Å²) >= 11 is 0. The van der Waals surface area contributed by atoms with Gasteiger partial charge in [0.05, 0.1) is 6.10 Å². The SMILES string of the molecule is Cl.NC1CCC(C(=O)Nc2cccc(OCC3CCCO3)c2)C1. The molecule has 128 valence electrons. The minimum atomic E-state index is 0. The number of anilines is 1. The number of hydrogen-bond donors (Lipinski definition) is 2. The highest BCUT2D eigenvalue weighted by molar-refractivity contribution is 5.92. The van der Waals surface area contributed by atoms with Gasteiger partial charge >= 0.3 is 0 Å². The van der Waals surface area contributed by atoms with Crippen molar-refractivity contribution in [3.8, 4) is 5.75 Å². The number of halogens is 1. The van der Waals surface area contributed by atoms with E-state index in [2.05, 4.69) is 5.32 Å². The molecule has 0 radical (unpaired) electrons. The van der Waals surface area contributed by atoms with E-state index in [4.69, 9.17) is 15.2 Å². The Labute approximate surface area is 143 Å². The Bertz CT molecular complexity index is 520. The predicted octanol–water partition coefficient (Wildman–Crippen LogP) is 2.73. The molecule has 1 aliphatic carbocycles. The quantitative estimate of drug-likeness (QED) is 0.864. The number of carbonyl (C=O) groups excluding carboxylic acids is 1. The average molecular weight is 341 g/mol. The summed E-state index contributed by atoms with van der Waals surface area (Å²) in [6.45, 7) is 1.39. The zero-order chi connectivity index (χ0) is 15.4. The summed E-state index contributed by atoms with van der Waals surface area (Å²) in [5, 5.41) is 2.97. The van der Waals surface area contributed by atoms with Crippen molar-refractivity contribution in [2.45, 2.75) is 44.2 Å². The molecule has 23 heavy (non-hydrogen) atoms. The fraction of sp³-hybridized carbons (Fsp3) is 0.588. The van der Waals surface area contributed by atoms with Gasteiger partial charge in [0.15, 0.2) is 0 Å². The maximum atomic E-state index is 12.2. The summed E-state index contributed by atoms with van der Waals surface area (Å²) in [5.74, 6) is 0.854. The van der Waals surface area contributed by atoms with E-state index >= 15 is 0 Å². The Hall–Kier alpha value is -1.30. The molecule has 2 aliphatic rings. The first-order valence-corrected chi connectivity index (χ1v) is 8.11. The summed E-state index contributed by atoms with van der Waals surface area (Å²) in [7, 11) is 0. The number of rotatable bonds is 5. The van der Waals surface area contributed by atoms with Crippen LogP contribution < -0.4 is 15.8 Å². The maximum absolute atomic E-state index is 12.2. The first-order chi connectivity index (χ1) is 10.7. The third-order valence-corrected chi connectivity index (χ3v) is 4.41. The minimum absolute atomic E-state index is 0. The Morgan fingerprint density at radius 3 is 2.91 bits per heavy atom. The second-order valence-corrected chi connectivity index (χ2v) is 6.23. The lowest BCUT2D eigenvalue weighted by atomic mass is 10.1. The van der Waals surface area contributed by atoms with E-state index in [9.17, 15) is 4.79 Å². The fourth-order valence-electron chi connectivity index (χ4n) is 3.13. The Balaban J connectivity index is 0.00000192. The van der Waals surface area contributed by atoms with Gasteiger partial charge in [-0.2, -0.15) is 0 Å². The van der Waals surface area contributed by atoms with Crippen molar-refractivity contribution in [1.82, 2.24) is 0 Å². The van der Waals surface area contributed by atoms with E-state index in [1.807, 2.05) is 24.3 Å². The van der Waals surface area contributed by atoms with Gasteiger partial charge in [-0.05, 0) is 44.2 Å². The fourth-order valence-corrected chi connectivity index (χ4v) is 3.13. The molecule has 1 aromatic carbocycles. The molecule has 0 spiro atoms. The molecule has 5 nitrogen and oxygen atoms in total. The monoisotopic (exact) mass is 340 g/mol. The molecule has 6 heteroatoms. The number of ether oxygens (including phenoxy) is 2. The van der Waals surface area contributed by atoms with Crippen molar-refractivity contribution < 1.29 is 14.3 Å². The van der Waals surface area contributed by atoms with E-state index in [1.165, 1.54) is 0 Å². The lowest BCUT2D eigenvalue weighted by Gasteiger charge is -2.14. The highest BCUT2D eigenvalue weighted by atomic mass is 35.5. The molecule has 3 atom stereocenters. The standard InChI is InChI=1S/C17H24N2O3.ClH/c18-13-7-6-12(9-13)17(20)19-14-3-1-4-15(10-14)22-11-16-5-2-8-21-16;/h1,3-4,10,12-13,16H,2,5-9,11,18H2,(H,19,20);1H. The van der Waals surface area contributed by atoms with Gasteiger partial charge in [0.25, 0.3) is 0 Å². The molecule has 1 amide bonds. The van der Waals surface area contributed by atoms with Crippen molar-refractivity contribution in [1.29, 1.82) is 0 Å². The highest BCUT2D eigenvalue weighted by Crippen LogP contribution is 2.26. The van der Waals surface area contributed by atoms with Crippen LogP contribution in [0, 0.1) is 5.92 Å². The maximum Gasteiger partial charge on any atom is 0.227 e. The molecule has 0 aromatic heterocycles. The van der Waals surface area contributed by atoms with Crippen LogP contribution in [0.3, 0.4) is 0 Å². The van der Waals surface area contributed by atoms with Crippen LogP contribution in [-0.4, -0.2) is 31.3 Å². The second kappa shape index (κ2) is 8.52. The normalized spacial score (nSPS) is 26.6. The molecule has 2 fully saturated rings. The molecule has 3 rings (SSSR count). The third kappa shape index (κ3) is 5.09. The van der Waals surface area contributed by atoms with Crippen LogP contribution in [0.2, 0.25) is 0 Å². The van der Waals surface area contributed by atoms with Crippen LogP contribution >= 0.6 is 12.4 Å². The van der Waals surface area contributed by atoms with Crippen molar-refractivity contribution in [3.05, 3.63) is 24.3 Å². The molecule has 1 aromatic rings. The van der Waals surface area contributed by atoms with Gasteiger partial charge in [-0.1, -0.05) is 6.07 Å². The average Bonchev–Trinajstić information content (AvgIpc) is 3.17. The van der Waals surface area contributed by atoms with E-state index in [0.29, 0.717) is 6.61 Å². The Morgan fingerprint density at radius 2 is 2.22 bits per heavy atom. The topological polar surface area (TPSA) is 73.6 Å². The number of benzene rings is 1. The van der Waals surface area contributed by atoms with Crippen LogP contribution in [0.1, 0.15) is 32.1 Å². The largest absolute Gasteiger partial charge is 0.491 e. The van der Waals surface area contributed by atoms with Gasteiger partial charge < -0.3 is 20.5 Å². The molecule has 3 N–H and O–H groups in total. The lowest BCUT2D eigenvalue weighted by molar-refractivity contribution is -0.119. The van der Waals surface area contributed by atoms with Gasteiger partial charge in [0.1, 0.15) is 12.4 Å². The molecule has 0 bridgehead atoms. The molecular formula is C17H25ClN2O3. The first-order valence-electron chi connectivity index (χ1n) is 8.11. The number of hydrogen-bond acceptors (Lipinski definition) is 4. The van der Waals surface area contributed by atoms with Crippen molar-refractivity contribution in [3.63, 3.8) is 0 Å². The Kier molecular flexibility index (Phi) is 6.69. The summed E-state index contributed by atoms with van der Waals surface area (Å²) < 4.78 is 11.3. The van der Waals surface area contributed by atoms with Gasteiger partial charge in [-0.3, -0.25) is 4.79 Å². The summed E-state index contributed by atoms with van der Waals surface area (Å²) in [6.07, 6.45) is 4.94. The minimum Gasteiger partial charge on any atom is -0.491 e. The number of carbonyl (C=O) groups is 1. The number of nitrogens with one attached hydrogen (secondary N) is 1. The second-order valence-electron chi connectivity index (χ2n) is 6.23. The van der Waals surface area contributed by atoms with Gasteiger partial charge in [0.2, 0.25) is 5.91 Å². The van der Waals surface area contributed by atoms with E-state index in [1.54, 1.807) is 0 Å². The van der Waals surface area contributed by atoms with Gasteiger partial charge in [-0.25, -0.2) is 0 Å². The zero-order valence-corrected chi connectivity index (χ0v) is 14.0. The lowest BCUT2D eigenvalue weighted by Crippen LogP contribution is -2.23. The van der Waals surface area contributed by atoms with Crippen molar-refractivity contribution in [2.75, 3.05) is 18.5 Å². The number of amides is 1. The van der Waals surface area contributed by atoms with Gasteiger partial charge in [0, 0.05) is 30.3 Å². The van der Waals surface area contributed by atoms with Crippen LogP contribution in [0.25, 0.3) is 0 Å². The predicted molar refractivity (Wildman–Crippen MR) is 92.1 cm³/mol. The number of nitrogens with two attached hydrogens (primary N) is 1. The van der Waals surface area contributed by atoms with Crippen molar-refractivity contribution >= 4 is 24.0 Å². The van der Waals surface area contributed by atoms with E-state index in [0.717, 1.165) is 50.1 Å².